The van der Waals surface area contributed by atoms with Crippen molar-refractivity contribution in [2.24, 2.45) is 5.41 Å². The second kappa shape index (κ2) is 5.55. The number of alkyl halides is 1. The number of hydrogen-bond donors (Lipinski definition) is 1. The maximum absolute atomic E-state index is 9.40. The number of aromatic hydroxyl groups is 1. The number of phenolic OH excluding ortho intramolecular Hbond substituents is 1. The van der Waals surface area contributed by atoms with Crippen LogP contribution >= 0.6 is 15.9 Å². The number of rotatable bonds is 5. The second-order valence-electron chi connectivity index (χ2n) is 4.54. The zero-order chi connectivity index (χ0) is 11.3. The van der Waals surface area contributed by atoms with E-state index in [1.807, 2.05) is 12.1 Å². The first-order valence-corrected chi connectivity index (χ1v) is 6.56. The lowest BCUT2D eigenvalue weighted by atomic mass is 9.82. The molecule has 0 fully saturated rings. The average Bonchev–Trinajstić information content (AvgIpc) is 2.18. The van der Waals surface area contributed by atoms with Gasteiger partial charge in [-0.1, -0.05) is 48.3 Å². The maximum Gasteiger partial charge on any atom is 0.115 e. The molecular formula is C13H19BrO. The van der Waals surface area contributed by atoms with Gasteiger partial charge in [-0.15, -0.1) is 0 Å². The van der Waals surface area contributed by atoms with Crippen molar-refractivity contribution < 1.29 is 5.11 Å². The molecule has 1 atom stereocenters. The van der Waals surface area contributed by atoms with E-state index in [0.29, 0.717) is 11.2 Å². The Bertz CT molecular complexity index is 311. The van der Waals surface area contributed by atoms with E-state index in [-0.39, 0.29) is 0 Å². The van der Waals surface area contributed by atoms with Gasteiger partial charge in [0.2, 0.25) is 0 Å². The molecule has 15 heavy (non-hydrogen) atoms. The summed E-state index contributed by atoms with van der Waals surface area (Å²) in [6.45, 7) is 4.50. The Morgan fingerprint density at radius 3 is 2.67 bits per heavy atom. The van der Waals surface area contributed by atoms with Crippen molar-refractivity contribution in [2.75, 3.05) is 5.33 Å². The third-order valence-electron chi connectivity index (χ3n) is 2.72. The van der Waals surface area contributed by atoms with Gasteiger partial charge in [-0.3, -0.25) is 0 Å². The van der Waals surface area contributed by atoms with Crippen molar-refractivity contribution in [3.8, 4) is 5.75 Å². The van der Waals surface area contributed by atoms with Gasteiger partial charge in [-0.25, -0.2) is 0 Å². The van der Waals surface area contributed by atoms with Gasteiger partial charge in [0, 0.05) is 5.33 Å². The molecule has 0 radical (unpaired) electrons. The third kappa shape index (κ3) is 3.86. The molecule has 0 aliphatic rings. The molecule has 0 aromatic heterocycles. The highest BCUT2D eigenvalue weighted by Crippen LogP contribution is 2.31. The molecule has 0 bridgehead atoms. The molecular weight excluding hydrogens is 252 g/mol. The summed E-state index contributed by atoms with van der Waals surface area (Å²) >= 11 is 3.59. The predicted octanol–water partition coefficient (Wildman–Crippen LogP) is 4.14. The Balaban J connectivity index is 2.74. The Morgan fingerprint density at radius 2 is 2.13 bits per heavy atom. The number of benzene rings is 1. The van der Waals surface area contributed by atoms with E-state index in [1.165, 1.54) is 18.4 Å². The van der Waals surface area contributed by atoms with Gasteiger partial charge in [0.15, 0.2) is 0 Å². The van der Waals surface area contributed by atoms with Gasteiger partial charge in [0.05, 0.1) is 0 Å². The minimum absolute atomic E-state index is 0.294. The Morgan fingerprint density at radius 1 is 1.40 bits per heavy atom. The van der Waals surface area contributed by atoms with Gasteiger partial charge in [-0.2, -0.15) is 0 Å². The van der Waals surface area contributed by atoms with Gasteiger partial charge in [-0.05, 0) is 36.0 Å². The zero-order valence-electron chi connectivity index (χ0n) is 9.46. The lowest BCUT2D eigenvalue weighted by Gasteiger charge is -2.27. The first-order chi connectivity index (χ1) is 7.09. The van der Waals surface area contributed by atoms with Crippen LogP contribution in [0.3, 0.4) is 0 Å². The summed E-state index contributed by atoms with van der Waals surface area (Å²) in [6.07, 6.45) is 3.41. The van der Waals surface area contributed by atoms with Gasteiger partial charge < -0.3 is 5.11 Å². The van der Waals surface area contributed by atoms with E-state index in [9.17, 15) is 5.11 Å². The predicted molar refractivity (Wildman–Crippen MR) is 68.6 cm³/mol. The van der Waals surface area contributed by atoms with Crippen LogP contribution in [0.1, 0.15) is 32.3 Å². The molecule has 1 aromatic carbocycles. The fraction of sp³-hybridized carbons (Fsp3) is 0.538. The lowest BCUT2D eigenvalue weighted by molar-refractivity contribution is 0.340. The monoisotopic (exact) mass is 270 g/mol. The van der Waals surface area contributed by atoms with Crippen LogP contribution in [0.25, 0.3) is 0 Å². The zero-order valence-corrected chi connectivity index (χ0v) is 11.0. The average molecular weight is 271 g/mol. The van der Waals surface area contributed by atoms with Crippen molar-refractivity contribution in [1.29, 1.82) is 0 Å². The summed E-state index contributed by atoms with van der Waals surface area (Å²) in [7, 11) is 0. The minimum Gasteiger partial charge on any atom is -0.508 e. The quantitative estimate of drug-likeness (QED) is 0.798. The third-order valence-corrected chi connectivity index (χ3v) is 4.07. The number of hydrogen-bond acceptors (Lipinski definition) is 1. The highest BCUT2D eigenvalue weighted by atomic mass is 79.9. The SMILES string of the molecule is CCCC(C)(CBr)Cc1cccc(O)c1. The van der Waals surface area contributed by atoms with Crippen molar-refractivity contribution in [1.82, 2.24) is 0 Å². The highest BCUT2D eigenvalue weighted by Gasteiger charge is 2.22. The maximum atomic E-state index is 9.40. The standard InChI is InChI=1S/C13H19BrO/c1-3-7-13(2,10-14)9-11-5-4-6-12(15)8-11/h4-6,8,15H,3,7,9-10H2,1-2H3. The van der Waals surface area contributed by atoms with Crippen LogP contribution in [0.4, 0.5) is 0 Å². The van der Waals surface area contributed by atoms with Crippen LogP contribution in [-0.2, 0) is 6.42 Å². The minimum atomic E-state index is 0.294. The first kappa shape index (κ1) is 12.6. The highest BCUT2D eigenvalue weighted by molar-refractivity contribution is 9.09. The van der Waals surface area contributed by atoms with Crippen molar-refractivity contribution >= 4 is 15.9 Å². The van der Waals surface area contributed by atoms with Crippen LogP contribution in [0.5, 0.6) is 5.75 Å². The topological polar surface area (TPSA) is 20.2 Å². The van der Waals surface area contributed by atoms with E-state index in [1.54, 1.807) is 6.07 Å². The van der Waals surface area contributed by atoms with E-state index >= 15 is 0 Å². The van der Waals surface area contributed by atoms with E-state index < -0.39 is 0 Å². The van der Waals surface area contributed by atoms with Gasteiger partial charge in [0.1, 0.15) is 5.75 Å². The van der Waals surface area contributed by atoms with E-state index in [0.717, 1.165) is 11.8 Å². The Hall–Kier alpha value is -0.500. The van der Waals surface area contributed by atoms with Gasteiger partial charge in [0.25, 0.3) is 0 Å². The van der Waals surface area contributed by atoms with Crippen LogP contribution in [0.2, 0.25) is 0 Å². The number of phenols is 1. The fourth-order valence-corrected chi connectivity index (χ4v) is 2.44. The normalized spacial score (nSPS) is 14.9. The van der Waals surface area contributed by atoms with Crippen LogP contribution < -0.4 is 0 Å². The molecule has 0 aliphatic carbocycles. The molecule has 1 unspecified atom stereocenters. The van der Waals surface area contributed by atoms with Gasteiger partial charge >= 0.3 is 0 Å². The summed E-state index contributed by atoms with van der Waals surface area (Å²) in [5.41, 5.74) is 1.51. The van der Waals surface area contributed by atoms with Crippen molar-refractivity contribution in [3.63, 3.8) is 0 Å². The molecule has 0 spiro atoms. The summed E-state index contributed by atoms with van der Waals surface area (Å²) in [5, 5.41) is 10.4. The Labute approximate surface area is 101 Å². The second-order valence-corrected chi connectivity index (χ2v) is 5.10. The summed E-state index contributed by atoms with van der Waals surface area (Å²) < 4.78 is 0. The smallest absolute Gasteiger partial charge is 0.115 e. The van der Waals surface area contributed by atoms with E-state index in [2.05, 4.69) is 35.8 Å². The molecule has 1 nitrogen and oxygen atoms in total. The summed E-state index contributed by atoms with van der Waals surface area (Å²) in [6, 6.07) is 7.56. The lowest BCUT2D eigenvalue weighted by Crippen LogP contribution is -2.21. The molecule has 1 N–H and O–H groups in total. The van der Waals surface area contributed by atoms with Crippen LogP contribution in [-0.4, -0.2) is 10.4 Å². The summed E-state index contributed by atoms with van der Waals surface area (Å²) in [5.74, 6) is 0.362. The number of halogens is 1. The molecule has 1 aromatic rings. The van der Waals surface area contributed by atoms with Crippen molar-refractivity contribution in [3.05, 3.63) is 29.8 Å². The molecule has 1 rings (SSSR count). The first-order valence-electron chi connectivity index (χ1n) is 5.43. The largest absolute Gasteiger partial charge is 0.508 e. The molecule has 0 amide bonds. The molecule has 0 aliphatic heterocycles. The van der Waals surface area contributed by atoms with Crippen LogP contribution in [0, 0.1) is 5.41 Å². The fourth-order valence-electron chi connectivity index (χ4n) is 1.97. The molecule has 0 saturated carbocycles. The van der Waals surface area contributed by atoms with Crippen molar-refractivity contribution in [2.45, 2.75) is 33.1 Å². The Kier molecular flexibility index (Phi) is 4.65. The van der Waals surface area contributed by atoms with Crippen LogP contribution in [0.15, 0.2) is 24.3 Å². The molecule has 2 heteroatoms. The van der Waals surface area contributed by atoms with E-state index in [4.69, 9.17) is 0 Å². The molecule has 0 saturated heterocycles. The molecule has 84 valence electrons. The molecule has 0 heterocycles. The summed E-state index contributed by atoms with van der Waals surface area (Å²) in [4.78, 5) is 0.